The summed E-state index contributed by atoms with van der Waals surface area (Å²) in [6.07, 6.45) is 4.15. The maximum absolute atomic E-state index is 12.6. The molecule has 138 valence electrons. The van der Waals surface area contributed by atoms with E-state index in [1.165, 1.54) is 17.4 Å². The van der Waals surface area contributed by atoms with Crippen molar-refractivity contribution in [2.75, 3.05) is 11.9 Å². The van der Waals surface area contributed by atoms with E-state index in [2.05, 4.69) is 5.32 Å². The minimum Gasteiger partial charge on any atom is -0.462 e. The maximum Gasteiger partial charge on any atom is 0.341 e. The molecule has 0 atom stereocenters. The Morgan fingerprint density at radius 2 is 2.07 bits per heavy atom. The van der Waals surface area contributed by atoms with Gasteiger partial charge in [0.1, 0.15) is 16.6 Å². The number of aryl methyl sites for hydroxylation is 1. The van der Waals surface area contributed by atoms with Gasteiger partial charge in [-0.2, -0.15) is 5.26 Å². The molecule has 1 aliphatic carbocycles. The lowest BCUT2D eigenvalue weighted by Crippen LogP contribution is -2.16. The van der Waals surface area contributed by atoms with Crippen LogP contribution in [-0.2, 0) is 22.4 Å². The Balaban J connectivity index is 1.88. The Morgan fingerprint density at radius 1 is 1.33 bits per heavy atom. The minimum atomic E-state index is -0.557. The van der Waals surface area contributed by atoms with Crippen molar-refractivity contribution in [3.63, 3.8) is 0 Å². The van der Waals surface area contributed by atoms with E-state index in [4.69, 9.17) is 16.3 Å². The van der Waals surface area contributed by atoms with Gasteiger partial charge in [-0.1, -0.05) is 23.7 Å². The Kier molecular flexibility index (Phi) is 5.94. The van der Waals surface area contributed by atoms with Gasteiger partial charge in [0.25, 0.3) is 5.91 Å². The van der Waals surface area contributed by atoms with Crippen molar-refractivity contribution in [2.45, 2.75) is 26.2 Å². The number of benzene rings is 1. The summed E-state index contributed by atoms with van der Waals surface area (Å²) < 4.78 is 5.15. The fraction of sp³-hybridized carbons (Fsp3) is 0.250. The van der Waals surface area contributed by atoms with Gasteiger partial charge in [0, 0.05) is 9.90 Å². The zero-order valence-corrected chi connectivity index (χ0v) is 16.2. The Hall–Kier alpha value is -2.62. The molecule has 1 heterocycles. The number of hydrogen-bond donors (Lipinski definition) is 1. The average Bonchev–Trinajstić information content (AvgIpc) is 3.21. The van der Waals surface area contributed by atoms with E-state index in [0.29, 0.717) is 21.2 Å². The fourth-order valence-electron chi connectivity index (χ4n) is 2.96. The number of amides is 1. The molecule has 0 bridgehead atoms. The topological polar surface area (TPSA) is 79.2 Å². The maximum atomic E-state index is 12.6. The molecule has 0 saturated heterocycles. The summed E-state index contributed by atoms with van der Waals surface area (Å²) in [4.78, 5) is 26.1. The van der Waals surface area contributed by atoms with Crippen molar-refractivity contribution in [3.8, 4) is 6.07 Å². The number of thiophene rings is 1. The first kappa shape index (κ1) is 19.2. The largest absolute Gasteiger partial charge is 0.462 e. The van der Waals surface area contributed by atoms with Gasteiger partial charge in [-0.15, -0.1) is 11.3 Å². The van der Waals surface area contributed by atoms with Gasteiger partial charge in [0.2, 0.25) is 0 Å². The lowest BCUT2D eigenvalue weighted by molar-refractivity contribution is -0.112. The number of hydrogen-bond acceptors (Lipinski definition) is 5. The summed E-state index contributed by atoms with van der Waals surface area (Å²) in [5.41, 5.74) is 2.01. The van der Waals surface area contributed by atoms with Gasteiger partial charge >= 0.3 is 5.97 Å². The number of carbonyl (C=O) groups excluding carboxylic acids is 2. The number of ether oxygens (including phenoxy) is 1. The summed E-state index contributed by atoms with van der Waals surface area (Å²) >= 11 is 7.23. The SMILES string of the molecule is CCOC(=O)c1c(NC(=O)C(C#N)=Cc2ccc(Cl)cc2)sc2c1CCC2. The van der Waals surface area contributed by atoms with Crippen LogP contribution < -0.4 is 5.32 Å². The predicted molar refractivity (Wildman–Crippen MR) is 106 cm³/mol. The first-order chi connectivity index (χ1) is 13.0. The Labute approximate surface area is 166 Å². The molecule has 0 spiro atoms. The highest BCUT2D eigenvalue weighted by molar-refractivity contribution is 7.17. The predicted octanol–water partition coefficient (Wildman–Crippen LogP) is 4.61. The molecule has 5 nitrogen and oxygen atoms in total. The van der Waals surface area contributed by atoms with Crippen molar-refractivity contribution in [3.05, 3.63) is 56.4 Å². The van der Waals surface area contributed by atoms with Crippen LogP contribution in [0.25, 0.3) is 6.08 Å². The number of anilines is 1. The minimum absolute atomic E-state index is 0.0549. The van der Waals surface area contributed by atoms with E-state index in [1.807, 2.05) is 6.07 Å². The van der Waals surface area contributed by atoms with Crippen LogP contribution in [0.15, 0.2) is 29.8 Å². The molecule has 0 radical (unpaired) electrons. The number of esters is 1. The molecule has 2 aromatic rings. The van der Waals surface area contributed by atoms with Crippen molar-refractivity contribution < 1.29 is 14.3 Å². The van der Waals surface area contributed by atoms with Crippen LogP contribution in [0.4, 0.5) is 5.00 Å². The molecule has 1 N–H and O–H groups in total. The number of nitrogens with zero attached hydrogens (tertiary/aromatic N) is 1. The summed E-state index contributed by atoms with van der Waals surface area (Å²) in [5, 5.41) is 13.1. The van der Waals surface area contributed by atoms with Crippen molar-refractivity contribution >= 4 is 45.9 Å². The van der Waals surface area contributed by atoms with Crippen molar-refractivity contribution in [2.24, 2.45) is 0 Å². The number of carbonyl (C=O) groups is 2. The monoisotopic (exact) mass is 400 g/mol. The highest BCUT2D eigenvalue weighted by Gasteiger charge is 2.28. The van der Waals surface area contributed by atoms with E-state index in [-0.39, 0.29) is 12.2 Å². The van der Waals surface area contributed by atoms with Gasteiger partial charge in [0.05, 0.1) is 12.2 Å². The van der Waals surface area contributed by atoms with E-state index < -0.39 is 11.9 Å². The molecule has 1 aliphatic rings. The van der Waals surface area contributed by atoms with Crippen LogP contribution >= 0.6 is 22.9 Å². The molecule has 0 aliphatic heterocycles. The van der Waals surface area contributed by atoms with Gasteiger partial charge < -0.3 is 10.1 Å². The summed E-state index contributed by atoms with van der Waals surface area (Å²) in [6.45, 7) is 2.00. The molecule has 1 aromatic heterocycles. The third-order valence-corrected chi connectivity index (χ3v) is 5.63. The molecular formula is C20H17ClN2O3S. The quantitative estimate of drug-likeness (QED) is 0.451. The number of nitriles is 1. The second kappa shape index (κ2) is 8.38. The van der Waals surface area contributed by atoms with Gasteiger partial charge in [-0.05, 0) is 55.5 Å². The number of rotatable bonds is 5. The first-order valence-electron chi connectivity index (χ1n) is 8.53. The Morgan fingerprint density at radius 3 is 2.74 bits per heavy atom. The fourth-order valence-corrected chi connectivity index (χ4v) is 4.35. The van der Waals surface area contributed by atoms with Crippen LogP contribution in [0.3, 0.4) is 0 Å². The number of halogens is 1. The summed E-state index contributed by atoms with van der Waals surface area (Å²) in [7, 11) is 0. The third kappa shape index (κ3) is 4.21. The molecule has 0 saturated carbocycles. The normalized spacial score (nSPS) is 13.0. The van der Waals surface area contributed by atoms with Crippen molar-refractivity contribution in [1.29, 1.82) is 5.26 Å². The summed E-state index contributed by atoms with van der Waals surface area (Å²) in [6, 6.07) is 8.72. The lowest BCUT2D eigenvalue weighted by atomic mass is 10.1. The molecule has 3 rings (SSSR count). The Bertz CT molecular complexity index is 955. The molecule has 7 heteroatoms. The van der Waals surface area contributed by atoms with E-state index in [0.717, 1.165) is 29.7 Å². The lowest BCUT2D eigenvalue weighted by Gasteiger charge is -2.07. The van der Waals surface area contributed by atoms with Crippen molar-refractivity contribution in [1.82, 2.24) is 0 Å². The zero-order valence-electron chi connectivity index (χ0n) is 14.7. The molecule has 0 unspecified atom stereocenters. The van der Waals surface area contributed by atoms with E-state index in [9.17, 15) is 14.9 Å². The van der Waals surface area contributed by atoms with E-state index >= 15 is 0 Å². The second-order valence-corrected chi connectivity index (χ2v) is 7.50. The average molecular weight is 401 g/mol. The van der Waals surface area contributed by atoms with Gasteiger partial charge in [0.15, 0.2) is 0 Å². The third-order valence-electron chi connectivity index (χ3n) is 4.17. The highest BCUT2D eigenvalue weighted by atomic mass is 35.5. The molecule has 1 aromatic carbocycles. The smallest absolute Gasteiger partial charge is 0.341 e. The molecular weight excluding hydrogens is 384 g/mol. The van der Waals surface area contributed by atoms with Crippen LogP contribution in [0, 0.1) is 11.3 Å². The summed E-state index contributed by atoms with van der Waals surface area (Å²) in [5.74, 6) is -0.995. The standard InChI is InChI=1S/C20H17ClN2O3S/c1-2-26-20(25)17-15-4-3-5-16(15)27-19(17)23-18(24)13(11-22)10-12-6-8-14(21)9-7-12/h6-10H,2-5H2,1H3,(H,23,24). The zero-order chi connectivity index (χ0) is 19.4. The van der Waals surface area contributed by atoms with E-state index in [1.54, 1.807) is 31.2 Å². The second-order valence-electron chi connectivity index (χ2n) is 5.96. The van der Waals surface area contributed by atoms with Crippen LogP contribution in [0.2, 0.25) is 5.02 Å². The number of fused-ring (bicyclic) bond motifs is 1. The molecule has 27 heavy (non-hydrogen) atoms. The van der Waals surface area contributed by atoms with Crippen LogP contribution in [0.1, 0.15) is 39.7 Å². The highest BCUT2D eigenvalue weighted by Crippen LogP contribution is 2.39. The molecule has 1 amide bonds. The molecule has 0 fully saturated rings. The van der Waals surface area contributed by atoms with Crippen LogP contribution in [-0.4, -0.2) is 18.5 Å². The number of nitrogens with one attached hydrogen (secondary N) is 1. The first-order valence-corrected chi connectivity index (χ1v) is 9.73. The van der Waals surface area contributed by atoms with Gasteiger partial charge in [-0.25, -0.2) is 4.79 Å². The van der Waals surface area contributed by atoms with Crippen LogP contribution in [0.5, 0.6) is 0 Å². The van der Waals surface area contributed by atoms with Gasteiger partial charge in [-0.3, -0.25) is 4.79 Å².